The van der Waals surface area contributed by atoms with E-state index >= 15 is 0 Å². The maximum Gasteiger partial charge on any atom is 0.235 e. The second-order valence-electron chi connectivity index (χ2n) is 6.39. The Morgan fingerprint density at radius 2 is 1.57 bits per heavy atom. The standard InChI is InChI=1S/C19H28N2O2/c1-2-3-7-14-20-17(22)19(12-13-19)18(23)21-15-8-11-16-9-5-4-6-10-16/h4-6,9-10H,2-3,7-8,11-15H2,1H3,(H,20,22)(H,21,23). The Kier molecular flexibility index (Phi) is 6.63. The van der Waals surface area contributed by atoms with E-state index < -0.39 is 5.41 Å². The van der Waals surface area contributed by atoms with E-state index in [1.807, 2.05) is 18.2 Å². The lowest BCUT2D eigenvalue weighted by atomic mass is 10.0. The summed E-state index contributed by atoms with van der Waals surface area (Å²) >= 11 is 0. The Bertz CT molecular complexity index is 509. The van der Waals surface area contributed by atoms with E-state index in [1.165, 1.54) is 5.56 Å². The number of hydrogen-bond acceptors (Lipinski definition) is 2. The lowest BCUT2D eigenvalue weighted by Crippen LogP contribution is -2.43. The first kappa shape index (κ1) is 17.5. The fourth-order valence-electron chi connectivity index (χ4n) is 2.74. The molecule has 1 aliphatic carbocycles. The van der Waals surface area contributed by atoms with Crippen molar-refractivity contribution in [2.45, 2.75) is 51.9 Å². The van der Waals surface area contributed by atoms with E-state index in [0.717, 1.165) is 32.1 Å². The van der Waals surface area contributed by atoms with Gasteiger partial charge in [0.05, 0.1) is 0 Å². The molecular formula is C19H28N2O2. The summed E-state index contributed by atoms with van der Waals surface area (Å²) in [5.41, 5.74) is 0.496. The van der Waals surface area contributed by atoms with E-state index in [1.54, 1.807) is 0 Å². The number of carbonyl (C=O) groups excluding carboxylic acids is 2. The lowest BCUT2D eigenvalue weighted by Gasteiger charge is -2.15. The van der Waals surface area contributed by atoms with Crippen LogP contribution in [0.3, 0.4) is 0 Å². The van der Waals surface area contributed by atoms with Crippen molar-refractivity contribution < 1.29 is 9.59 Å². The van der Waals surface area contributed by atoms with Crippen molar-refractivity contribution in [3.8, 4) is 0 Å². The van der Waals surface area contributed by atoms with Gasteiger partial charge in [-0.25, -0.2) is 0 Å². The number of aryl methyl sites for hydroxylation is 1. The SMILES string of the molecule is CCCCCNC(=O)C1(C(=O)NCCCc2ccccc2)CC1. The molecule has 2 N–H and O–H groups in total. The predicted molar refractivity (Wildman–Crippen MR) is 92.0 cm³/mol. The molecule has 2 rings (SSSR count). The second-order valence-corrected chi connectivity index (χ2v) is 6.39. The molecule has 1 aliphatic rings. The van der Waals surface area contributed by atoms with Crippen molar-refractivity contribution in [1.29, 1.82) is 0 Å². The van der Waals surface area contributed by atoms with Crippen LogP contribution in [0.1, 0.15) is 51.0 Å². The maximum absolute atomic E-state index is 12.3. The van der Waals surface area contributed by atoms with Gasteiger partial charge < -0.3 is 10.6 Å². The highest BCUT2D eigenvalue weighted by Crippen LogP contribution is 2.46. The van der Waals surface area contributed by atoms with Gasteiger partial charge in [-0.1, -0.05) is 50.1 Å². The molecule has 23 heavy (non-hydrogen) atoms. The smallest absolute Gasteiger partial charge is 0.235 e. The largest absolute Gasteiger partial charge is 0.355 e. The van der Waals surface area contributed by atoms with Gasteiger partial charge in [0.25, 0.3) is 0 Å². The number of unbranched alkanes of at least 4 members (excludes halogenated alkanes) is 2. The third kappa shape index (κ3) is 5.08. The Morgan fingerprint density at radius 3 is 2.13 bits per heavy atom. The molecule has 4 heteroatoms. The van der Waals surface area contributed by atoms with Crippen LogP contribution >= 0.6 is 0 Å². The van der Waals surface area contributed by atoms with Crippen molar-refractivity contribution >= 4 is 11.8 Å². The van der Waals surface area contributed by atoms with Crippen molar-refractivity contribution in [2.75, 3.05) is 13.1 Å². The van der Waals surface area contributed by atoms with E-state index in [0.29, 0.717) is 25.9 Å². The fraction of sp³-hybridized carbons (Fsp3) is 0.579. The summed E-state index contributed by atoms with van der Waals surface area (Å²) in [4.78, 5) is 24.5. The summed E-state index contributed by atoms with van der Waals surface area (Å²) in [6, 6.07) is 10.2. The number of rotatable bonds is 10. The molecule has 0 saturated heterocycles. The normalized spacial score (nSPS) is 15.0. The zero-order valence-corrected chi connectivity index (χ0v) is 14.1. The van der Waals surface area contributed by atoms with Crippen LogP contribution in [-0.2, 0) is 16.0 Å². The van der Waals surface area contributed by atoms with E-state index in [2.05, 4.69) is 29.7 Å². The lowest BCUT2D eigenvalue weighted by molar-refractivity contribution is -0.137. The summed E-state index contributed by atoms with van der Waals surface area (Å²) in [7, 11) is 0. The first-order valence-electron chi connectivity index (χ1n) is 8.79. The summed E-state index contributed by atoms with van der Waals surface area (Å²) in [5.74, 6) is -0.187. The number of amides is 2. The predicted octanol–water partition coefficient (Wildman–Crippen LogP) is 2.82. The minimum atomic E-state index is -0.779. The minimum Gasteiger partial charge on any atom is -0.355 e. The Morgan fingerprint density at radius 1 is 0.957 bits per heavy atom. The van der Waals surface area contributed by atoms with Gasteiger partial charge >= 0.3 is 0 Å². The second kappa shape index (κ2) is 8.70. The number of benzene rings is 1. The highest BCUT2D eigenvalue weighted by Gasteiger charge is 2.56. The van der Waals surface area contributed by atoms with Crippen molar-refractivity contribution in [3.05, 3.63) is 35.9 Å². The van der Waals surface area contributed by atoms with Crippen LogP contribution in [0.15, 0.2) is 30.3 Å². The van der Waals surface area contributed by atoms with Crippen LogP contribution in [0.25, 0.3) is 0 Å². The fourth-order valence-corrected chi connectivity index (χ4v) is 2.74. The minimum absolute atomic E-state index is 0.0887. The zero-order chi connectivity index (χ0) is 16.5. The van der Waals surface area contributed by atoms with Gasteiger partial charge in [0.15, 0.2) is 0 Å². The van der Waals surface area contributed by atoms with E-state index in [4.69, 9.17) is 0 Å². The molecule has 0 spiro atoms. The third-order valence-corrected chi connectivity index (χ3v) is 4.46. The highest BCUT2D eigenvalue weighted by molar-refractivity contribution is 6.07. The zero-order valence-electron chi connectivity index (χ0n) is 14.1. The molecule has 0 aromatic heterocycles. The van der Waals surface area contributed by atoms with Gasteiger partial charge in [-0.05, 0) is 37.7 Å². The average molecular weight is 316 g/mol. The number of nitrogens with one attached hydrogen (secondary N) is 2. The molecule has 0 heterocycles. The van der Waals surface area contributed by atoms with Gasteiger partial charge in [-0.3, -0.25) is 9.59 Å². The molecule has 0 bridgehead atoms. The van der Waals surface area contributed by atoms with Crippen LogP contribution < -0.4 is 10.6 Å². The molecule has 4 nitrogen and oxygen atoms in total. The van der Waals surface area contributed by atoms with Gasteiger partial charge in [-0.15, -0.1) is 0 Å². The van der Waals surface area contributed by atoms with E-state index in [9.17, 15) is 9.59 Å². The molecule has 0 aliphatic heterocycles. The van der Waals surface area contributed by atoms with Crippen LogP contribution in [-0.4, -0.2) is 24.9 Å². The summed E-state index contributed by atoms with van der Waals surface area (Å²) in [5, 5.41) is 5.86. The first-order chi connectivity index (χ1) is 11.2. The van der Waals surface area contributed by atoms with Gasteiger partial charge in [0.1, 0.15) is 5.41 Å². The maximum atomic E-state index is 12.3. The Balaban J connectivity index is 1.67. The van der Waals surface area contributed by atoms with Crippen molar-refractivity contribution in [2.24, 2.45) is 5.41 Å². The highest BCUT2D eigenvalue weighted by atomic mass is 16.2. The summed E-state index contributed by atoms with van der Waals surface area (Å²) in [6.45, 7) is 3.43. The van der Waals surface area contributed by atoms with Gasteiger partial charge in [0, 0.05) is 13.1 Å². The average Bonchev–Trinajstić information content (AvgIpc) is 3.38. The summed E-state index contributed by atoms with van der Waals surface area (Å²) in [6.07, 6.45) is 6.41. The molecule has 1 aromatic carbocycles. The molecule has 126 valence electrons. The third-order valence-electron chi connectivity index (χ3n) is 4.46. The quantitative estimate of drug-likeness (QED) is 0.515. The van der Waals surface area contributed by atoms with Crippen LogP contribution in [0.5, 0.6) is 0 Å². The van der Waals surface area contributed by atoms with Gasteiger partial charge in [-0.2, -0.15) is 0 Å². The van der Waals surface area contributed by atoms with Crippen LogP contribution in [0, 0.1) is 5.41 Å². The molecule has 2 amide bonds. The Labute approximate surface area is 139 Å². The number of hydrogen-bond donors (Lipinski definition) is 2. The first-order valence-corrected chi connectivity index (χ1v) is 8.79. The molecular weight excluding hydrogens is 288 g/mol. The molecule has 0 unspecified atom stereocenters. The van der Waals surface area contributed by atoms with Crippen LogP contribution in [0.2, 0.25) is 0 Å². The molecule has 1 aromatic rings. The monoisotopic (exact) mass is 316 g/mol. The van der Waals surface area contributed by atoms with Gasteiger partial charge in [0.2, 0.25) is 11.8 Å². The molecule has 0 radical (unpaired) electrons. The molecule has 1 fully saturated rings. The van der Waals surface area contributed by atoms with Crippen molar-refractivity contribution in [3.63, 3.8) is 0 Å². The Hall–Kier alpha value is -1.84. The summed E-state index contributed by atoms with van der Waals surface area (Å²) < 4.78 is 0. The van der Waals surface area contributed by atoms with E-state index in [-0.39, 0.29) is 11.8 Å². The topological polar surface area (TPSA) is 58.2 Å². The van der Waals surface area contributed by atoms with Crippen LogP contribution in [0.4, 0.5) is 0 Å². The molecule has 1 saturated carbocycles. The number of carbonyl (C=O) groups is 2. The van der Waals surface area contributed by atoms with Crippen molar-refractivity contribution in [1.82, 2.24) is 10.6 Å². The molecule has 0 atom stereocenters.